The Labute approximate surface area is 308 Å². The summed E-state index contributed by atoms with van der Waals surface area (Å²) in [5.74, 6) is 0.973. The number of fused-ring (bicyclic) bond motifs is 8. The number of nitrogens with zero attached hydrogens (tertiary/aromatic N) is 3. The summed E-state index contributed by atoms with van der Waals surface area (Å²) in [7, 11) is 0. The lowest BCUT2D eigenvalue weighted by molar-refractivity contribution is 0.590. The molecule has 52 heavy (non-hydrogen) atoms. The fourth-order valence-corrected chi connectivity index (χ4v) is 8.31. The average Bonchev–Trinajstić information content (AvgIpc) is 3.49. The van der Waals surface area contributed by atoms with E-state index in [1.807, 2.05) is 6.20 Å². The van der Waals surface area contributed by atoms with E-state index in [0.717, 1.165) is 44.8 Å². The van der Waals surface area contributed by atoms with Crippen LogP contribution in [0.25, 0.3) is 21.9 Å². The van der Waals surface area contributed by atoms with Gasteiger partial charge in [-0.05, 0) is 97.9 Å². The van der Waals surface area contributed by atoms with Gasteiger partial charge in [0.05, 0.1) is 11.1 Å². The Bertz CT molecular complexity index is 2530. The third kappa shape index (κ3) is 4.93. The highest BCUT2D eigenvalue weighted by Gasteiger charge is 2.45. The van der Waals surface area contributed by atoms with Crippen LogP contribution in [0.3, 0.4) is 0 Å². The highest BCUT2D eigenvalue weighted by atomic mass is 16.3. The van der Waals surface area contributed by atoms with Crippen LogP contribution >= 0.6 is 0 Å². The van der Waals surface area contributed by atoms with Crippen molar-refractivity contribution in [3.05, 3.63) is 132 Å². The van der Waals surface area contributed by atoms with Crippen molar-refractivity contribution in [2.24, 2.45) is 0 Å². The molecule has 258 valence electrons. The zero-order valence-corrected chi connectivity index (χ0v) is 31.8. The molecule has 2 aliphatic rings. The molecule has 0 atom stereocenters. The van der Waals surface area contributed by atoms with Crippen LogP contribution in [-0.4, -0.2) is 11.7 Å². The topological polar surface area (TPSA) is 32.5 Å². The van der Waals surface area contributed by atoms with Crippen molar-refractivity contribution in [1.82, 2.24) is 4.98 Å². The van der Waals surface area contributed by atoms with E-state index in [9.17, 15) is 0 Å². The predicted molar refractivity (Wildman–Crippen MR) is 222 cm³/mol. The summed E-state index contributed by atoms with van der Waals surface area (Å²) in [6.07, 6.45) is 1.99. The van der Waals surface area contributed by atoms with Crippen molar-refractivity contribution in [3.63, 3.8) is 0 Å². The first-order chi connectivity index (χ1) is 24.7. The van der Waals surface area contributed by atoms with Crippen LogP contribution in [0.5, 0.6) is 0 Å². The molecule has 0 saturated heterocycles. The van der Waals surface area contributed by atoms with Gasteiger partial charge in [-0.25, -0.2) is 4.98 Å². The second-order valence-electron chi connectivity index (χ2n) is 17.8. The lowest BCUT2D eigenvalue weighted by Crippen LogP contribution is -2.61. The molecule has 2 aliphatic heterocycles. The van der Waals surface area contributed by atoms with E-state index >= 15 is 0 Å². The van der Waals surface area contributed by atoms with Gasteiger partial charge in [0, 0.05) is 34.3 Å². The number of furan rings is 1. The van der Waals surface area contributed by atoms with Crippen molar-refractivity contribution < 1.29 is 4.42 Å². The number of para-hydroxylation sites is 1. The average molecular weight is 680 g/mol. The van der Waals surface area contributed by atoms with Gasteiger partial charge < -0.3 is 9.32 Å². The number of pyridine rings is 1. The van der Waals surface area contributed by atoms with Gasteiger partial charge in [0.1, 0.15) is 17.0 Å². The summed E-state index contributed by atoms with van der Waals surface area (Å²) in [6, 6.07) is 40.5. The molecule has 0 unspecified atom stereocenters. The van der Waals surface area contributed by atoms with E-state index in [1.54, 1.807) is 0 Å². The molecule has 0 spiro atoms. The molecule has 7 aromatic rings. The van der Waals surface area contributed by atoms with Gasteiger partial charge >= 0.3 is 0 Å². The van der Waals surface area contributed by atoms with Crippen LogP contribution in [-0.2, 0) is 16.2 Å². The van der Waals surface area contributed by atoms with Crippen LogP contribution in [0.15, 0.2) is 120 Å². The third-order valence-corrected chi connectivity index (χ3v) is 11.2. The third-order valence-electron chi connectivity index (χ3n) is 11.2. The quantitative estimate of drug-likeness (QED) is 0.170. The zero-order chi connectivity index (χ0) is 36.3. The molecule has 5 heteroatoms. The van der Waals surface area contributed by atoms with Gasteiger partial charge in [-0.2, -0.15) is 0 Å². The van der Waals surface area contributed by atoms with Crippen LogP contribution in [0, 0.1) is 0 Å². The summed E-state index contributed by atoms with van der Waals surface area (Å²) in [5, 5.41) is 2.27. The number of hydrogen-bond donors (Lipinski definition) is 0. The van der Waals surface area contributed by atoms with E-state index in [4.69, 9.17) is 9.40 Å². The number of hydrogen-bond acceptors (Lipinski definition) is 4. The lowest BCUT2D eigenvalue weighted by Gasteiger charge is -2.44. The van der Waals surface area contributed by atoms with Crippen LogP contribution < -0.4 is 26.2 Å². The van der Waals surface area contributed by atoms with E-state index in [2.05, 4.69) is 181 Å². The Hall–Kier alpha value is -5.29. The molecular weight excluding hydrogens is 633 g/mol. The Morgan fingerprint density at radius 1 is 0.538 bits per heavy atom. The predicted octanol–water partition coefficient (Wildman–Crippen LogP) is 11.0. The Kier molecular flexibility index (Phi) is 6.97. The summed E-state index contributed by atoms with van der Waals surface area (Å²) < 4.78 is 6.56. The summed E-state index contributed by atoms with van der Waals surface area (Å²) in [6.45, 7) is 20.5. The molecular formula is C47H46BN3O. The minimum Gasteiger partial charge on any atom is -0.456 e. The maximum absolute atomic E-state index is 6.56. The fraction of sp³-hybridized carbons (Fsp3) is 0.255. The first-order valence-electron chi connectivity index (χ1n) is 18.6. The van der Waals surface area contributed by atoms with Crippen LogP contribution in [0.4, 0.5) is 34.3 Å². The highest BCUT2D eigenvalue weighted by molar-refractivity contribution is 7.00. The van der Waals surface area contributed by atoms with Gasteiger partial charge in [0.25, 0.3) is 6.71 Å². The maximum atomic E-state index is 6.56. The minimum absolute atomic E-state index is 0.0185. The molecule has 0 saturated carbocycles. The van der Waals surface area contributed by atoms with Gasteiger partial charge in [0.15, 0.2) is 0 Å². The molecule has 0 amide bonds. The molecule has 4 heterocycles. The summed E-state index contributed by atoms with van der Waals surface area (Å²) in [5.41, 5.74) is 15.3. The number of anilines is 6. The molecule has 0 bridgehead atoms. The Morgan fingerprint density at radius 3 is 1.77 bits per heavy atom. The summed E-state index contributed by atoms with van der Waals surface area (Å²) in [4.78, 5) is 10.1. The second kappa shape index (κ2) is 11.1. The molecule has 4 nitrogen and oxygen atoms in total. The highest BCUT2D eigenvalue weighted by Crippen LogP contribution is 2.47. The fourth-order valence-electron chi connectivity index (χ4n) is 8.31. The first-order valence-corrected chi connectivity index (χ1v) is 18.6. The molecule has 0 N–H and O–H groups in total. The van der Waals surface area contributed by atoms with Gasteiger partial charge in [-0.1, -0.05) is 123 Å². The first kappa shape index (κ1) is 32.6. The molecule has 9 rings (SSSR count). The van der Waals surface area contributed by atoms with Crippen molar-refractivity contribution in [2.45, 2.75) is 78.6 Å². The molecule has 0 aliphatic carbocycles. The number of rotatable bonds is 2. The standard InChI is InChI=1S/C47H46BN3O/c1-45(2,3)29-14-19-32(20-15-29)50-38-26-27-49-44-42(38)48(35-23-25-40-41(43(35)50)34-12-10-11-13-39(34)52-40)36-28-31(47(7,8)9)18-24-37(36)51(44)33-21-16-30(17-22-33)46(4,5)6/h10-28H,1-9H3. The van der Waals surface area contributed by atoms with Crippen molar-refractivity contribution in [3.8, 4) is 0 Å². The van der Waals surface area contributed by atoms with Crippen LogP contribution in [0.1, 0.15) is 79.0 Å². The van der Waals surface area contributed by atoms with Gasteiger partial charge in [-0.15, -0.1) is 0 Å². The van der Waals surface area contributed by atoms with Crippen molar-refractivity contribution >= 4 is 79.3 Å². The summed E-state index contributed by atoms with van der Waals surface area (Å²) >= 11 is 0. The minimum atomic E-state index is -0.0285. The molecule has 2 aromatic heterocycles. The van der Waals surface area contributed by atoms with Crippen LogP contribution in [0.2, 0.25) is 0 Å². The Morgan fingerprint density at radius 2 is 1.13 bits per heavy atom. The molecule has 5 aromatic carbocycles. The largest absolute Gasteiger partial charge is 0.456 e. The van der Waals surface area contributed by atoms with E-state index < -0.39 is 0 Å². The van der Waals surface area contributed by atoms with E-state index in [0.29, 0.717) is 0 Å². The normalized spacial score (nSPS) is 14.1. The number of benzene rings is 5. The number of aromatic nitrogens is 1. The SMILES string of the molecule is CC(C)(C)c1ccc(N2c3ccc(C(C)(C)C)cc3B3c4ccc5oc6ccccc6c5c4N(c4ccc(C(C)(C)C)cc4)c4ccnc2c43)cc1. The maximum Gasteiger partial charge on any atom is 0.254 e. The van der Waals surface area contributed by atoms with E-state index in [-0.39, 0.29) is 23.0 Å². The Balaban J connectivity index is 1.38. The van der Waals surface area contributed by atoms with Gasteiger partial charge in [0.2, 0.25) is 0 Å². The second-order valence-corrected chi connectivity index (χ2v) is 17.8. The zero-order valence-electron chi connectivity index (χ0n) is 31.8. The monoisotopic (exact) mass is 679 g/mol. The lowest BCUT2D eigenvalue weighted by atomic mass is 9.33. The molecule has 0 radical (unpaired) electrons. The molecule has 0 fully saturated rings. The van der Waals surface area contributed by atoms with Gasteiger partial charge in [-0.3, -0.25) is 4.90 Å². The van der Waals surface area contributed by atoms with Crippen molar-refractivity contribution in [2.75, 3.05) is 9.80 Å². The smallest absolute Gasteiger partial charge is 0.254 e. The van der Waals surface area contributed by atoms with E-state index in [1.165, 1.54) is 44.5 Å². The van der Waals surface area contributed by atoms with Crippen molar-refractivity contribution in [1.29, 1.82) is 0 Å².